The summed E-state index contributed by atoms with van der Waals surface area (Å²) in [6, 6.07) is 12.6. The summed E-state index contributed by atoms with van der Waals surface area (Å²) in [7, 11) is 0. The van der Waals surface area contributed by atoms with Crippen LogP contribution in [0.15, 0.2) is 36.4 Å². The highest BCUT2D eigenvalue weighted by Gasteiger charge is 2.22. The van der Waals surface area contributed by atoms with Gasteiger partial charge < -0.3 is 9.47 Å². The van der Waals surface area contributed by atoms with Crippen molar-refractivity contribution in [2.45, 2.75) is 40.7 Å². The number of esters is 1. The maximum Gasteiger partial charge on any atom is 0.358 e. The highest BCUT2D eigenvalue weighted by molar-refractivity contribution is 5.74. The van der Waals surface area contributed by atoms with E-state index in [0.29, 0.717) is 12.4 Å². The lowest BCUT2D eigenvalue weighted by atomic mass is 10.1. The lowest BCUT2D eigenvalue weighted by molar-refractivity contribution is -0.598. The minimum absolute atomic E-state index is 0.227. The fraction of sp³-hybridized carbons (Fsp3) is 0.350. The molecule has 2 aromatic carbocycles. The van der Waals surface area contributed by atoms with Gasteiger partial charge in [0.2, 0.25) is 0 Å². The molecule has 0 saturated heterocycles. The first-order valence-electron chi connectivity index (χ1n) is 8.06. The first kappa shape index (κ1) is 18.8. The quantitative estimate of drug-likeness (QED) is 0.499. The van der Waals surface area contributed by atoms with Gasteiger partial charge in [0, 0.05) is 11.1 Å². The van der Waals surface area contributed by atoms with E-state index in [2.05, 4.69) is 45.0 Å². The van der Waals surface area contributed by atoms with Crippen LogP contribution in [0.3, 0.4) is 0 Å². The van der Waals surface area contributed by atoms with E-state index in [1.165, 1.54) is 23.8 Å². The predicted octanol–water partition coefficient (Wildman–Crippen LogP) is 1.07. The average Bonchev–Trinajstić information content (AvgIpc) is 2.52. The number of hydrogen-bond donors (Lipinski definition) is 0. The number of benzene rings is 2. The van der Waals surface area contributed by atoms with E-state index in [4.69, 9.17) is 9.47 Å². The van der Waals surface area contributed by atoms with E-state index in [1.807, 2.05) is 12.1 Å². The number of carbonyl (C=O) groups is 1. The minimum Gasteiger partial charge on any atom is -0.479 e. The van der Waals surface area contributed by atoms with Gasteiger partial charge in [-0.25, -0.2) is 4.79 Å². The molecule has 1 unspecified atom stereocenters. The van der Waals surface area contributed by atoms with Gasteiger partial charge in [-0.05, 0) is 58.9 Å². The molecular formula is C20H24IO3+. The zero-order valence-corrected chi connectivity index (χ0v) is 17.0. The van der Waals surface area contributed by atoms with Crippen molar-refractivity contribution in [1.29, 1.82) is 0 Å². The van der Waals surface area contributed by atoms with Gasteiger partial charge in [-0.1, -0.05) is 17.7 Å². The predicted molar refractivity (Wildman–Crippen MR) is 91.2 cm³/mol. The van der Waals surface area contributed by atoms with Crippen molar-refractivity contribution in [2.24, 2.45) is 0 Å². The molecule has 0 N–H and O–H groups in total. The Bertz CT molecular complexity index is 684. The van der Waals surface area contributed by atoms with Crippen LogP contribution in [0.4, 0.5) is 0 Å². The van der Waals surface area contributed by atoms with Crippen molar-refractivity contribution < 1.29 is 35.5 Å². The molecule has 0 aromatic heterocycles. The largest absolute Gasteiger partial charge is 0.479 e. The van der Waals surface area contributed by atoms with Gasteiger partial charge in [0.1, 0.15) is 5.75 Å². The third-order valence-electron chi connectivity index (χ3n) is 3.53. The third kappa shape index (κ3) is 4.97. The first-order chi connectivity index (χ1) is 11.4. The molecule has 0 aliphatic heterocycles. The molecule has 2 aromatic rings. The number of aryl methyl sites for hydroxylation is 3. The molecular weight excluding hydrogens is 415 g/mol. The van der Waals surface area contributed by atoms with Gasteiger partial charge in [0.25, 0.3) is 0 Å². The summed E-state index contributed by atoms with van der Waals surface area (Å²) in [5.74, 6) is 0.362. The fourth-order valence-electron chi connectivity index (χ4n) is 2.51. The molecule has 128 valence electrons. The lowest BCUT2D eigenvalue weighted by Gasteiger charge is -2.12. The molecule has 3 nitrogen and oxygen atoms in total. The van der Waals surface area contributed by atoms with Gasteiger partial charge in [0.15, 0.2) is 13.2 Å². The number of carbonyl (C=O) groups excluding carboxylic acids is 1. The van der Waals surface area contributed by atoms with Crippen LogP contribution in [0, 0.1) is 27.9 Å². The summed E-state index contributed by atoms with van der Waals surface area (Å²) in [5, 5.41) is 0. The zero-order valence-electron chi connectivity index (χ0n) is 14.9. The highest BCUT2D eigenvalue weighted by Crippen LogP contribution is 2.12. The maximum absolute atomic E-state index is 11.6. The topological polar surface area (TPSA) is 35.5 Å². The smallest absolute Gasteiger partial charge is 0.358 e. The van der Waals surface area contributed by atoms with Gasteiger partial charge in [0.05, 0.1) is 6.61 Å². The Morgan fingerprint density at radius 3 is 2.21 bits per heavy atom. The van der Waals surface area contributed by atoms with Crippen LogP contribution in [0.5, 0.6) is 5.75 Å². The number of rotatable bonds is 6. The van der Waals surface area contributed by atoms with Crippen molar-refractivity contribution in [3.8, 4) is 5.75 Å². The SMILES string of the molecule is CCOC(=O)C(C)Oc1ccc([I+]c2c(C)cc(C)cc2C)cc1. The van der Waals surface area contributed by atoms with Crippen molar-refractivity contribution in [3.05, 3.63) is 60.2 Å². The molecule has 0 aliphatic carbocycles. The molecule has 0 heterocycles. The molecule has 0 bridgehead atoms. The van der Waals surface area contributed by atoms with Crippen LogP contribution in [-0.2, 0) is 9.53 Å². The summed E-state index contributed by atoms with van der Waals surface area (Å²) in [6.45, 7) is 10.4. The minimum atomic E-state index is -0.591. The van der Waals surface area contributed by atoms with Crippen LogP contribution in [0.1, 0.15) is 30.5 Å². The second-order valence-electron chi connectivity index (χ2n) is 5.77. The normalized spacial score (nSPS) is 11.9. The maximum atomic E-state index is 11.6. The van der Waals surface area contributed by atoms with Crippen molar-refractivity contribution >= 4 is 5.97 Å². The second-order valence-corrected chi connectivity index (χ2v) is 8.64. The van der Waals surface area contributed by atoms with Crippen molar-refractivity contribution in [2.75, 3.05) is 6.61 Å². The standard InChI is InChI=1S/C20H24IO3/c1-6-23-20(22)16(5)24-18-9-7-17(8-10-18)21-19-14(3)11-13(2)12-15(19)4/h7-12,16H,6H2,1-5H3/q+1. The Morgan fingerprint density at radius 1 is 1.08 bits per heavy atom. The zero-order chi connectivity index (χ0) is 17.7. The molecule has 24 heavy (non-hydrogen) atoms. The fourth-order valence-corrected chi connectivity index (χ4v) is 5.01. The number of ether oxygens (including phenoxy) is 2. The summed E-state index contributed by atoms with van der Waals surface area (Å²) in [5.41, 5.74) is 4.06. The number of halogens is 1. The molecule has 0 aliphatic rings. The van der Waals surface area contributed by atoms with Crippen molar-refractivity contribution in [1.82, 2.24) is 0 Å². The molecule has 0 radical (unpaired) electrons. The molecule has 4 heteroatoms. The Balaban J connectivity index is 2.06. The van der Waals surface area contributed by atoms with E-state index in [0.717, 1.165) is 0 Å². The summed E-state index contributed by atoms with van der Waals surface area (Å²) < 4.78 is 13.4. The first-order valence-corrected chi connectivity index (χ1v) is 10.2. The van der Waals surface area contributed by atoms with Crippen LogP contribution >= 0.6 is 0 Å². The Morgan fingerprint density at radius 2 is 1.67 bits per heavy atom. The van der Waals surface area contributed by atoms with E-state index in [-0.39, 0.29) is 27.2 Å². The second kappa shape index (κ2) is 8.51. The van der Waals surface area contributed by atoms with E-state index < -0.39 is 6.10 Å². The van der Waals surface area contributed by atoms with Gasteiger partial charge >= 0.3 is 27.2 Å². The number of hydrogen-bond acceptors (Lipinski definition) is 3. The Hall–Kier alpha value is -1.56. The van der Waals surface area contributed by atoms with Crippen LogP contribution in [-0.4, -0.2) is 18.7 Å². The van der Waals surface area contributed by atoms with Crippen molar-refractivity contribution in [3.63, 3.8) is 0 Å². The third-order valence-corrected chi connectivity index (χ3v) is 7.11. The average molecular weight is 439 g/mol. The molecule has 2 rings (SSSR count). The summed E-state index contributed by atoms with van der Waals surface area (Å²) in [4.78, 5) is 11.6. The molecule has 1 atom stereocenters. The van der Waals surface area contributed by atoms with Crippen LogP contribution < -0.4 is 25.9 Å². The summed E-state index contributed by atoms with van der Waals surface area (Å²) in [6.07, 6.45) is -0.591. The van der Waals surface area contributed by atoms with Gasteiger partial charge in [-0.2, -0.15) is 0 Å². The van der Waals surface area contributed by atoms with E-state index >= 15 is 0 Å². The van der Waals surface area contributed by atoms with Crippen LogP contribution in [0.2, 0.25) is 0 Å². The summed E-state index contributed by atoms with van der Waals surface area (Å²) >= 11 is -0.227. The Labute approximate surface area is 154 Å². The molecule has 0 fully saturated rings. The molecule has 0 spiro atoms. The Kier molecular flexibility index (Phi) is 6.66. The molecule has 0 saturated carbocycles. The monoisotopic (exact) mass is 439 g/mol. The van der Waals surface area contributed by atoms with Crippen LogP contribution in [0.25, 0.3) is 0 Å². The highest BCUT2D eigenvalue weighted by atomic mass is 127. The van der Waals surface area contributed by atoms with E-state index in [1.54, 1.807) is 13.8 Å². The molecule has 0 amide bonds. The lowest BCUT2D eigenvalue weighted by Crippen LogP contribution is -3.62. The van der Waals surface area contributed by atoms with E-state index in [9.17, 15) is 4.79 Å². The van der Waals surface area contributed by atoms with Gasteiger partial charge in [-0.15, -0.1) is 0 Å². The van der Waals surface area contributed by atoms with Gasteiger partial charge in [-0.3, -0.25) is 0 Å².